The van der Waals surface area contributed by atoms with Crippen molar-refractivity contribution in [2.45, 2.75) is 47.1 Å². The molecule has 0 aromatic carbocycles. The molecule has 0 radical (unpaired) electrons. The van der Waals surface area contributed by atoms with Crippen molar-refractivity contribution in [1.82, 2.24) is 10.6 Å². The molecular weight excluding hydrogens is 343 g/mol. The minimum absolute atomic E-state index is 0. The second-order valence-electron chi connectivity index (χ2n) is 4.90. The van der Waals surface area contributed by atoms with Crippen molar-refractivity contribution in [2.24, 2.45) is 16.1 Å². The fraction of sp³-hybridized carbons (Fsp3) is 0.833. The lowest BCUT2D eigenvalue weighted by Gasteiger charge is -2.21. The number of nitrogens with two attached hydrogens (primary N) is 1. The van der Waals surface area contributed by atoms with Crippen molar-refractivity contribution in [2.75, 3.05) is 13.1 Å². The number of aliphatic imine (C=N–C) groups is 1. The summed E-state index contributed by atoms with van der Waals surface area (Å²) in [5, 5.41) is 5.86. The summed E-state index contributed by atoms with van der Waals surface area (Å²) in [6.07, 6.45) is 0.982. The van der Waals surface area contributed by atoms with Crippen LogP contribution in [0.5, 0.6) is 0 Å². The van der Waals surface area contributed by atoms with Crippen LogP contribution in [0.1, 0.15) is 41.0 Å². The number of hydrogen-bond acceptors (Lipinski definition) is 2. The van der Waals surface area contributed by atoms with E-state index in [0.717, 1.165) is 6.42 Å². The van der Waals surface area contributed by atoms with Crippen LogP contribution in [0.3, 0.4) is 0 Å². The van der Waals surface area contributed by atoms with Gasteiger partial charge in [-0.15, -0.1) is 24.0 Å². The zero-order valence-corrected chi connectivity index (χ0v) is 14.4. The van der Waals surface area contributed by atoms with Crippen LogP contribution in [0.2, 0.25) is 0 Å². The number of amides is 1. The number of guanidine groups is 1. The first-order valence-corrected chi connectivity index (χ1v) is 6.18. The van der Waals surface area contributed by atoms with Crippen LogP contribution in [0.25, 0.3) is 0 Å². The molecule has 0 bridgehead atoms. The van der Waals surface area contributed by atoms with Gasteiger partial charge < -0.3 is 16.4 Å². The number of rotatable bonds is 6. The Morgan fingerprint density at radius 3 is 2.39 bits per heavy atom. The molecule has 0 aliphatic heterocycles. The number of carbonyl (C=O) groups excluding carboxylic acids is 1. The Hall–Kier alpha value is -0.530. The Kier molecular flexibility index (Phi) is 10.3. The predicted molar refractivity (Wildman–Crippen MR) is 87.3 cm³/mol. The summed E-state index contributed by atoms with van der Waals surface area (Å²) < 4.78 is 0. The van der Waals surface area contributed by atoms with Gasteiger partial charge in [-0.3, -0.25) is 9.79 Å². The van der Waals surface area contributed by atoms with Crippen molar-refractivity contribution < 1.29 is 4.79 Å². The first-order chi connectivity index (χ1) is 7.83. The Bertz CT molecular complexity index is 279. The van der Waals surface area contributed by atoms with Crippen LogP contribution in [0, 0.1) is 5.41 Å². The number of nitrogens with zero attached hydrogens (tertiary/aromatic N) is 1. The van der Waals surface area contributed by atoms with Crippen LogP contribution in [-0.4, -0.2) is 31.0 Å². The molecule has 1 unspecified atom stereocenters. The Morgan fingerprint density at radius 1 is 1.39 bits per heavy atom. The highest BCUT2D eigenvalue weighted by atomic mass is 127. The smallest absolute Gasteiger partial charge is 0.227 e. The Labute approximate surface area is 127 Å². The van der Waals surface area contributed by atoms with Gasteiger partial charge in [0.05, 0.1) is 12.0 Å². The molecule has 0 rings (SSSR count). The second kappa shape index (κ2) is 9.41. The molecule has 0 spiro atoms. The number of halogens is 1. The predicted octanol–water partition coefficient (Wildman–Crippen LogP) is 1.47. The maximum Gasteiger partial charge on any atom is 0.227 e. The quantitative estimate of drug-likeness (QED) is 0.376. The summed E-state index contributed by atoms with van der Waals surface area (Å²) >= 11 is 0. The third kappa shape index (κ3) is 7.73. The fourth-order valence-electron chi connectivity index (χ4n) is 1.15. The number of nitrogens with one attached hydrogen (secondary N) is 2. The molecule has 1 atom stereocenters. The van der Waals surface area contributed by atoms with E-state index in [4.69, 9.17) is 5.73 Å². The summed E-state index contributed by atoms with van der Waals surface area (Å²) in [5.74, 6) is 0.400. The molecule has 0 aromatic heterocycles. The first kappa shape index (κ1) is 19.8. The van der Waals surface area contributed by atoms with Crippen LogP contribution < -0.4 is 16.4 Å². The Morgan fingerprint density at radius 2 is 1.94 bits per heavy atom. The zero-order chi connectivity index (χ0) is 13.5. The van der Waals surface area contributed by atoms with E-state index in [1.165, 1.54) is 0 Å². The zero-order valence-electron chi connectivity index (χ0n) is 12.0. The van der Waals surface area contributed by atoms with Gasteiger partial charge in [-0.25, -0.2) is 0 Å². The second-order valence-corrected chi connectivity index (χ2v) is 4.90. The molecule has 18 heavy (non-hydrogen) atoms. The summed E-state index contributed by atoms with van der Waals surface area (Å²) in [5.41, 5.74) is 5.21. The SMILES string of the molecule is CCNC(=O)C(C)(C)CN=C(N)NC(C)CC.I. The number of hydrogen-bond donors (Lipinski definition) is 3. The minimum atomic E-state index is -0.530. The summed E-state index contributed by atoms with van der Waals surface area (Å²) in [7, 11) is 0. The largest absolute Gasteiger partial charge is 0.370 e. The molecule has 0 aliphatic rings. The summed E-state index contributed by atoms with van der Waals surface area (Å²) in [6.45, 7) is 10.7. The lowest BCUT2D eigenvalue weighted by molar-refractivity contribution is -0.128. The highest BCUT2D eigenvalue weighted by molar-refractivity contribution is 14.0. The van der Waals surface area contributed by atoms with Crippen LogP contribution in [0.15, 0.2) is 4.99 Å². The molecule has 0 fully saturated rings. The first-order valence-electron chi connectivity index (χ1n) is 6.18. The average molecular weight is 370 g/mol. The van der Waals surface area contributed by atoms with Crippen LogP contribution in [0.4, 0.5) is 0 Å². The normalized spacial score (nSPS) is 13.5. The van der Waals surface area contributed by atoms with Gasteiger partial charge in [-0.05, 0) is 34.1 Å². The molecular formula is C12H27IN4O. The van der Waals surface area contributed by atoms with Crippen molar-refractivity contribution in [3.8, 4) is 0 Å². The standard InChI is InChI=1S/C12H26N4O.HI/c1-6-9(3)16-11(13)15-8-12(4,5)10(17)14-7-2;/h9H,6-8H2,1-5H3,(H,14,17)(H3,13,15,16);1H. The lowest BCUT2D eigenvalue weighted by Crippen LogP contribution is -2.42. The average Bonchev–Trinajstić information content (AvgIpc) is 2.26. The van der Waals surface area contributed by atoms with Gasteiger partial charge in [0, 0.05) is 12.6 Å². The van der Waals surface area contributed by atoms with E-state index >= 15 is 0 Å². The van der Waals surface area contributed by atoms with E-state index in [1.54, 1.807) is 0 Å². The molecule has 5 nitrogen and oxygen atoms in total. The topological polar surface area (TPSA) is 79.5 Å². The highest BCUT2D eigenvalue weighted by Gasteiger charge is 2.26. The Balaban J connectivity index is 0. The molecule has 108 valence electrons. The van der Waals surface area contributed by atoms with E-state index < -0.39 is 5.41 Å². The van der Waals surface area contributed by atoms with E-state index in [2.05, 4.69) is 22.5 Å². The molecule has 0 aromatic rings. The van der Waals surface area contributed by atoms with Gasteiger partial charge in [0.2, 0.25) is 5.91 Å². The van der Waals surface area contributed by atoms with Crippen LogP contribution in [-0.2, 0) is 4.79 Å². The summed E-state index contributed by atoms with van der Waals surface area (Å²) in [6, 6.07) is 0.298. The van der Waals surface area contributed by atoms with E-state index in [1.807, 2.05) is 27.7 Å². The van der Waals surface area contributed by atoms with E-state index in [0.29, 0.717) is 25.1 Å². The van der Waals surface area contributed by atoms with Gasteiger partial charge in [-0.2, -0.15) is 0 Å². The van der Waals surface area contributed by atoms with Crippen molar-refractivity contribution in [3.63, 3.8) is 0 Å². The third-order valence-corrected chi connectivity index (χ3v) is 2.60. The lowest BCUT2D eigenvalue weighted by atomic mass is 9.92. The third-order valence-electron chi connectivity index (χ3n) is 2.60. The fourth-order valence-corrected chi connectivity index (χ4v) is 1.15. The molecule has 0 aliphatic carbocycles. The van der Waals surface area contributed by atoms with E-state index in [9.17, 15) is 4.79 Å². The van der Waals surface area contributed by atoms with Gasteiger partial charge in [0.1, 0.15) is 0 Å². The van der Waals surface area contributed by atoms with Crippen molar-refractivity contribution >= 4 is 35.8 Å². The molecule has 1 amide bonds. The monoisotopic (exact) mass is 370 g/mol. The van der Waals surface area contributed by atoms with Crippen molar-refractivity contribution in [3.05, 3.63) is 0 Å². The molecule has 6 heteroatoms. The highest BCUT2D eigenvalue weighted by Crippen LogP contribution is 2.15. The van der Waals surface area contributed by atoms with Gasteiger partial charge in [0.25, 0.3) is 0 Å². The maximum absolute atomic E-state index is 11.7. The molecule has 0 saturated heterocycles. The van der Waals surface area contributed by atoms with Crippen LogP contribution >= 0.6 is 24.0 Å². The summed E-state index contributed by atoms with van der Waals surface area (Å²) in [4.78, 5) is 15.9. The van der Waals surface area contributed by atoms with Gasteiger partial charge >= 0.3 is 0 Å². The maximum atomic E-state index is 11.7. The van der Waals surface area contributed by atoms with E-state index in [-0.39, 0.29) is 29.9 Å². The van der Waals surface area contributed by atoms with Gasteiger partial charge in [-0.1, -0.05) is 6.92 Å². The molecule has 0 saturated carbocycles. The minimum Gasteiger partial charge on any atom is -0.370 e. The molecule has 0 heterocycles. The number of carbonyl (C=O) groups is 1. The molecule has 4 N–H and O–H groups in total. The van der Waals surface area contributed by atoms with Gasteiger partial charge in [0.15, 0.2) is 5.96 Å². The van der Waals surface area contributed by atoms with Crippen molar-refractivity contribution in [1.29, 1.82) is 0 Å².